The Labute approximate surface area is 92.4 Å². The predicted octanol–water partition coefficient (Wildman–Crippen LogP) is 2.35. The molecule has 0 fully saturated rings. The Morgan fingerprint density at radius 3 is 2.88 bits per heavy atom. The van der Waals surface area contributed by atoms with E-state index in [4.69, 9.17) is 5.11 Å². The Morgan fingerprint density at radius 1 is 1.25 bits per heavy atom. The van der Waals surface area contributed by atoms with E-state index in [-0.39, 0.29) is 5.56 Å². The summed E-state index contributed by atoms with van der Waals surface area (Å²) in [6, 6.07) is 9.75. The number of nitrogens with zero attached hydrogens (tertiary/aromatic N) is 1. The van der Waals surface area contributed by atoms with Gasteiger partial charge >= 0.3 is 5.97 Å². The molecule has 1 aromatic heterocycles. The van der Waals surface area contributed by atoms with Crippen LogP contribution in [0.3, 0.4) is 0 Å². The second kappa shape index (κ2) is 3.17. The van der Waals surface area contributed by atoms with Gasteiger partial charge in [-0.2, -0.15) is 0 Å². The quantitative estimate of drug-likeness (QED) is 0.672. The molecule has 0 atom stereocenters. The van der Waals surface area contributed by atoms with Crippen LogP contribution in [0.25, 0.3) is 11.3 Å². The fraction of sp³-hybridized carbons (Fsp3) is 0.0769. The molecule has 1 aliphatic carbocycles. The smallest absolute Gasteiger partial charge is 0.337 e. The summed E-state index contributed by atoms with van der Waals surface area (Å²) in [5.74, 6) is -0.925. The lowest BCUT2D eigenvalue weighted by Gasteiger charge is -2.00. The van der Waals surface area contributed by atoms with Gasteiger partial charge in [0.05, 0.1) is 11.3 Å². The first kappa shape index (κ1) is 9.09. The van der Waals surface area contributed by atoms with Gasteiger partial charge in [-0.3, -0.25) is 4.98 Å². The van der Waals surface area contributed by atoms with Crippen molar-refractivity contribution in [1.29, 1.82) is 0 Å². The highest BCUT2D eigenvalue weighted by atomic mass is 16.4. The molecular formula is C13H9NO2. The molecule has 1 aromatic carbocycles. The standard InChI is InChI=1S/C13H9NO2/c15-13(16)10-6-9-5-8-3-1-2-4-11(8)12(9)14-7-10/h1-4,6-7H,5H2,(H,15,16). The van der Waals surface area contributed by atoms with Crippen molar-refractivity contribution in [3.8, 4) is 11.3 Å². The molecule has 0 bridgehead atoms. The number of hydrogen-bond donors (Lipinski definition) is 1. The number of aromatic nitrogens is 1. The Morgan fingerprint density at radius 2 is 2.06 bits per heavy atom. The number of fused-ring (bicyclic) bond motifs is 3. The van der Waals surface area contributed by atoms with Crippen LogP contribution in [0.2, 0.25) is 0 Å². The van der Waals surface area contributed by atoms with Gasteiger partial charge < -0.3 is 5.11 Å². The van der Waals surface area contributed by atoms with Crippen LogP contribution < -0.4 is 0 Å². The van der Waals surface area contributed by atoms with E-state index < -0.39 is 5.97 Å². The molecule has 0 unspecified atom stereocenters. The molecule has 0 saturated heterocycles. The first-order valence-electron chi connectivity index (χ1n) is 5.06. The van der Waals surface area contributed by atoms with Crippen LogP contribution in [0.5, 0.6) is 0 Å². The second-order valence-corrected chi connectivity index (χ2v) is 3.87. The van der Waals surface area contributed by atoms with E-state index >= 15 is 0 Å². The third-order valence-electron chi connectivity index (χ3n) is 2.87. The van der Waals surface area contributed by atoms with Gasteiger partial charge in [0.2, 0.25) is 0 Å². The molecule has 0 aliphatic heterocycles. The van der Waals surface area contributed by atoms with Crippen molar-refractivity contribution in [3.63, 3.8) is 0 Å². The molecule has 0 radical (unpaired) electrons. The van der Waals surface area contributed by atoms with Gasteiger partial charge in [-0.1, -0.05) is 24.3 Å². The van der Waals surface area contributed by atoms with Gasteiger partial charge in [-0.15, -0.1) is 0 Å². The lowest BCUT2D eigenvalue weighted by molar-refractivity contribution is 0.0696. The second-order valence-electron chi connectivity index (χ2n) is 3.87. The molecule has 3 rings (SSSR count). The van der Waals surface area contributed by atoms with Gasteiger partial charge in [-0.05, 0) is 17.2 Å². The predicted molar refractivity (Wildman–Crippen MR) is 59.4 cm³/mol. The van der Waals surface area contributed by atoms with Crippen molar-refractivity contribution in [2.45, 2.75) is 6.42 Å². The van der Waals surface area contributed by atoms with Crippen LogP contribution in [-0.4, -0.2) is 16.1 Å². The molecule has 2 aromatic rings. The highest BCUT2D eigenvalue weighted by Gasteiger charge is 2.20. The number of aromatic carboxylic acids is 1. The summed E-state index contributed by atoms with van der Waals surface area (Å²) in [6.45, 7) is 0. The maximum absolute atomic E-state index is 10.8. The SMILES string of the molecule is O=C(O)c1cnc2c(c1)Cc1ccccc1-2. The van der Waals surface area contributed by atoms with Crippen molar-refractivity contribution in [2.75, 3.05) is 0 Å². The zero-order chi connectivity index (χ0) is 11.1. The van der Waals surface area contributed by atoms with Crippen molar-refractivity contribution in [3.05, 3.63) is 53.2 Å². The molecule has 78 valence electrons. The summed E-state index contributed by atoms with van der Waals surface area (Å²) in [5, 5.41) is 8.89. The van der Waals surface area contributed by atoms with Gasteiger partial charge in [0.15, 0.2) is 0 Å². The number of carboxylic acids is 1. The minimum absolute atomic E-state index is 0.256. The first-order valence-corrected chi connectivity index (χ1v) is 5.06. The Bertz CT molecular complexity index is 590. The van der Waals surface area contributed by atoms with Crippen LogP contribution >= 0.6 is 0 Å². The summed E-state index contributed by atoms with van der Waals surface area (Å²) in [6.07, 6.45) is 2.20. The van der Waals surface area contributed by atoms with E-state index in [1.807, 2.05) is 18.2 Å². The Hall–Kier alpha value is -2.16. The van der Waals surface area contributed by atoms with Gasteiger partial charge in [0, 0.05) is 18.2 Å². The molecule has 1 N–H and O–H groups in total. The van der Waals surface area contributed by atoms with Crippen molar-refractivity contribution < 1.29 is 9.90 Å². The first-order chi connectivity index (χ1) is 7.75. The summed E-state index contributed by atoms with van der Waals surface area (Å²) in [4.78, 5) is 15.1. The normalized spacial score (nSPS) is 12.0. The largest absolute Gasteiger partial charge is 0.478 e. The number of hydrogen-bond acceptors (Lipinski definition) is 2. The van der Waals surface area contributed by atoms with Crippen molar-refractivity contribution in [2.24, 2.45) is 0 Å². The van der Waals surface area contributed by atoms with E-state index in [9.17, 15) is 4.79 Å². The average Bonchev–Trinajstić information content (AvgIpc) is 2.66. The maximum atomic E-state index is 10.8. The van der Waals surface area contributed by atoms with Gasteiger partial charge in [0.25, 0.3) is 0 Å². The number of benzene rings is 1. The zero-order valence-electron chi connectivity index (χ0n) is 8.47. The maximum Gasteiger partial charge on any atom is 0.337 e. The van der Waals surface area contributed by atoms with Gasteiger partial charge in [0.1, 0.15) is 0 Å². The third-order valence-corrected chi connectivity index (χ3v) is 2.87. The Balaban J connectivity index is 2.18. The molecule has 3 heteroatoms. The summed E-state index contributed by atoms with van der Waals surface area (Å²) in [5.41, 5.74) is 4.51. The molecule has 1 aliphatic rings. The number of carbonyl (C=O) groups is 1. The van der Waals surface area contributed by atoms with Crippen molar-refractivity contribution in [1.82, 2.24) is 4.98 Å². The molecular weight excluding hydrogens is 202 g/mol. The molecule has 0 saturated carbocycles. The topological polar surface area (TPSA) is 50.2 Å². The van der Waals surface area contributed by atoms with E-state index in [2.05, 4.69) is 11.1 Å². The molecule has 16 heavy (non-hydrogen) atoms. The molecule has 0 spiro atoms. The van der Waals surface area contributed by atoms with Crippen molar-refractivity contribution >= 4 is 5.97 Å². The highest BCUT2D eigenvalue weighted by molar-refractivity contribution is 5.88. The fourth-order valence-corrected chi connectivity index (χ4v) is 2.12. The number of pyridine rings is 1. The van der Waals surface area contributed by atoms with Crippen LogP contribution in [0.1, 0.15) is 21.5 Å². The minimum atomic E-state index is -0.925. The lowest BCUT2D eigenvalue weighted by atomic mass is 10.1. The van der Waals surface area contributed by atoms with Crippen LogP contribution in [0, 0.1) is 0 Å². The van der Waals surface area contributed by atoms with Crippen LogP contribution in [-0.2, 0) is 6.42 Å². The summed E-state index contributed by atoms with van der Waals surface area (Å²) in [7, 11) is 0. The highest BCUT2D eigenvalue weighted by Crippen LogP contribution is 2.34. The van der Waals surface area contributed by atoms with E-state index in [1.165, 1.54) is 11.8 Å². The van der Waals surface area contributed by atoms with E-state index in [0.717, 1.165) is 23.2 Å². The minimum Gasteiger partial charge on any atom is -0.478 e. The van der Waals surface area contributed by atoms with E-state index in [1.54, 1.807) is 6.07 Å². The fourth-order valence-electron chi connectivity index (χ4n) is 2.12. The number of carboxylic acid groups (broad SMARTS) is 1. The summed E-state index contributed by atoms with van der Waals surface area (Å²) >= 11 is 0. The molecule has 1 heterocycles. The average molecular weight is 211 g/mol. The van der Waals surface area contributed by atoms with Crippen LogP contribution in [0.15, 0.2) is 36.5 Å². The third kappa shape index (κ3) is 1.21. The zero-order valence-corrected chi connectivity index (χ0v) is 8.47. The van der Waals surface area contributed by atoms with Crippen LogP contribution in [0.4, 0.5) is 0 Å². The molecule has 0 amide bonds. The summed E-state index contributed by atoms with van der Waals surface area (Å²) < 4.78 is 0. The van der Waals surface area contributed by atoms with E-state index in [0.29, 0.717) is 0 Å². The monoisotopic (exact) mass is 211 g/mol. The Kier molecular flexibility index (Phi) is 1.80. The lowest BCUT2D eigenvalue weighted by Crippen LogP contribution is -1.98. The molecule has 3 nitrogen and oxygen atoms in total. The number of rotatable bonds is 1. The van der Waals surface area contributed by atoms with Gasteiger partial charge in [-0.25, -0.2) is 4.79 Å².